The average Bonchev–Trinajstić information content (AvgIpc) is 2.57. The Morgan fingerprint density at radius 1 is 1.46 bits per heavy atom. The number of rotatable bonds is 6. The number of likely N-dealkylation sites (N-methyl/N-ethyl adjacent to an activating group) is 1. The van der Waals surface area contributed by atoms with Crippen LogP contribution in [0.1, 0.15) is 25.7 Å². The van der Waals surface area contributed by atoms with E-state index in [0.29, 0.717) is 0 Å². The van der Waals surface area contributed by atoms with Gasteiger partial charge in [0.25, 0.3) is 0 Å². The van der Waals surface area contributed by atoms with Gasteiger partial charge in [0.1, 0.15) is 0 Å². The van der Waals surface area contributed by atoms with Crippen LogP contribution in [0.3, 0.4) is 0 Å². The Labute approximate surface area is 85.5 Å². The molecule has 78 valence electrons. The van der Waals surface area contributed by atoms with Gasteiger partial charge in [-0.1, -0.05) is 12.8 Å². The maximum atomic E-state index is 9.44. The van der Waals surface area contributed by atoms with Crippen molar-refractivity contribution in [2.24, 2.45) is 5.92 Å². The molecule has 0 aromatic carbocycles. The molecule has 0 spiro atoms. The third-order valence-corrected chi connectivity index (χ3v) is 3.91. The summed E-state index contributed by atoms with van der Waals surface area (Å²) in [5.41, 5.74) is 0. The lowest BCUT2D eigenvalue weighted by Crippen LogP contribution is -2.25. The zero-order chi connectivity index (χ0) is 9.52. The van der Waals surface area contributed by atoms with Crippen LogP contribution in [0.15, 0.2) is 0 Å². The monoisotopic (exact) mass is 203 g/mol. The Kier molecular flexibility index (Phi) is 5.83. The molecule has 2 nitrogen and oxygen atoms in total. The SMILES string of the molecule is CNCC(O)CSCC1CCCC1. The summed E-state index contributed by atoms with van der Waals surface area (Å²) in [4.78, 5) is 0. The second kappa shape index (κ2) is 6.68. The van der Waals surface area contributed by atoms with Crippen molar-refractivity contribution in [1.82, 2.24) is 5.32 Å². The first kappa shape index (κ1) is 11.3. The van der Waals surface area contributed by atoms with Crippen LogP contribution in [-0.4, -0.2) is 36.3 Å². The summed E-state index contributed by atoms with van der Waals surface area (Å²) in [6.07, 6.45) is 5.50. The largest absolute Gasteiger partial charge is 0.391 e. The lowest BCUT2D eigenvalue weighted by Gasteiger charge is -2.11. The Hall–Kier alpha value is 0.270. The minimum absolute atomic E-state index is 0.170. The van der Waals surface area contributed by atoms with E-state index in [2.05, 4.69) is 5.32 Å². The minimum atomic E-state index is -0.170. The molecule has 1 rings (SSSR count). The molecule has 1 aliphatic rings. The number of aliphatic hydroxyl groups is 1. The predicted octanol–water partition coefficient (Wildman–Crippen LogP) is 1.49. The smallest absolute Gasteiger partial charge is 0.0754 e. The van der Waals surface area contributed by atoms with Crippen LogP contribution in [-0.2, 0) is 0 Å². The molecule has 1 unspecified atom stereocenters. The number of aliphatic hydroxyl groups excluding tert-OH is 1. The standard InChI is InChI=1S/C10H21NOS/c1-11-6-10(12)8-13-7-9-4-2-3-5-9/h9-12H,2-8H2,1H3. The molecule has 0 saturated heterocycles. The van der Waals surface area contributed by atoms with Gasteiger partial charge in [0.15, 0.2) is 0 Å². The van der Waals surface area contributed by atoms with Crippen molar-refractivity contribution in [3.63, 3.8) is 0 Å². The van der Waals surface area contributed by atoms with Crippen molar-refractivity contribution in [3.05, 3.63) is 0 Å². The quantitative estimate of drug-likeness (QED) is 0.686. The van der Waals surface area contributed by atoms with Crippen LogP contribution in [0.25, 0.3) is 0 Å². The molecule has 0 heterocycles. The molecule has 2 N–H and O–H groups in total. The van der Waals surface area contributed by atoms with Gasteiger partial charge in [0.05, 0.1) is 6.10 Å². The van der Waals surface area contributed by atoms with E-state index in [1.165, 1.54) is 31.4 Å². The molecular formula is C10H21NOS. The zero-order valence-electron chi connectivity index (χ0n) is 8.46. The number of hydrogen-bond acceptors (Lipinski definition) is 3. The van der Waals surface area contributed by atoms with Crippen molar-refractivity contribution in [2.75, 3.05) is 25.1 Å². The van der Waals surface area contributed by atoms with Gasteiger partial charge in [-0.2, -0.15) is 11.8 Å². The van der Waals surface area contributed by atoms with Crippen LogP contribution in [0, 0.1) is 5.92 Å². The highest BCUT2D eigenvalue weighted by Gasteiger charge is 2.15. The summed E-state index contributed by atoms with van der Waals surface area (Å²) in [5, 5.41) is 12.4. The van der Waals surface area contributed by atoms with Gasteiger partial charge in [-0.15, -0.1) is 0 Å². The van der Waals surface area contributed by atoms with E-state index in [1.807, 2.05) is 18.8 Å². The molecule has 13 heavy (non-hydrogen) atoms. The van der Waals surface area contributed by atoms with Gasteiger partial charge in [-0.05, 0) is 31.6 Å². The molecule has 1 aliphatic carbocycles. The maximum Gasteiger partial charge on any atom is 0.0754 e. The molecular weight excluding hydrogens is 182 g/mol. The number of nitrogens with one attached hydrogen (secondary N) is 1. The van der Waals surface area contributed by atoms with Gasteiger partial charge in [-0.25, -0.2) is 0 Å². The summed E-state index contributed by atoms with van der Waals surface area (Å²) in [5.74, 6) is 3.07. The first-order valence-corrected chi connectivity index (χ1v) is 6.39. The average molecular weight is 203 g/mol. The third-order valence-electron chi connectivity index (χ3n) is 2.58. The lowest BCUT2D eigenvalue weighted by atomic mass is 10.1. The van der Waals surface area contributed by atoms with E-state index in [4.69, 9.17) is 0 Å². The van der Waals surface area contributed by atoms with Gasteiger partial charge < -0.3 is 10.4 Å². The Morgan fingerprint density at radius 2 is 2.15 bits per heavy atom. The van der Waals surface area contributed by atoms with Crippen molar-refractivity contribution in [2.45, 2.75) is 31.8 Å². The Morgan fingerprint density at radius 3 is 2.77 bits per heavy atom. The molecule has 0 amide bonds. The molecule has 1 fully saturated rings. The highest BCUT2D eigenvalue weighted by Crippen LogP contribution is 2.27. The summed E-state index contributed by atoms with van der Waals surface area (Å²) >= 11 is 1.91. The molecule has 1 atom stereocenters. The predicted molar refractivity (Wildman–Crippen MR) is 59.2 cm³/mol. The first-order valence-electron chi connectivity index (χ1n) is 5.23. The van der Waals surface area contributed by atoms with E-state index in [9.17, 15) is 5.11 Å². The Balaban J connectivity index is 1.93. The number of hydrogen-bond donors (Lipinski definition) is 2. The van der Waals surface area contributed by atoms with Crippen LogP contribution in [0.4, 0.5) is 0 Å². The minimum Gasteiger partial charge on any atom is -0.391 e. The second-order valence-corrected chi connectivity index (χ2v) is 4.97. The summed E-state index contributed by atoms with van der Waals surface area (Å²) in [7, 11) is 1.88. The maximum absolute atomic E-state index is 9.44. The van der Waals surface area contributed by atoms with Crippen LogP contribution in [0.2, 0.25) is 0 Å². The van der Waals surface area contributed by atoms with Gasteiger partial charge >= 0.3 is 0 Å². The summed E-state index contributed by atoms with van der Waals surface area (Å²) in [6.45, 7) is 0.720. The van der Waals surface area contributed by atoms with Crippen molar-refractivity contribution in [1.29, 1.82) is 0 Å². The Bertz CT molecular complexity index is 126. The van der Waals surface area contributed by atoms with E-state index in [-0.39, 0.29) is 6.10 Å². The van der Waals surface area contributed by atoms with E-state index in [1.54, 1.807) is 0 Å². The van der Waals surface area contributed by atoms with Gasteiger partial charge in [0, 0.05) is 12.3 Å². The zero-order valence-corrected chi connectivity index (χ0v) is 9.28. The third kappa shape index (κ3) is 4.89. The topological polar surface area (TPSA) is 32.3 Å². The molecule has 1 saturated carbocycles. The van der Waals surface area contributed by atoms with Crippen LogP contribution < -0.4 is 5.32 Å². The fourth-order valence-corrected chi connectivity index (χ4v) is 3.04. The highest BCUT2D eigenvalue weighted by molar-refractivity contribution is 7.99. The number of thioether (sulfide) groups is 1. The molecule has 3 heteroatoms. The van der Waals surface area contributed by atoms with Crippen molar-refractivity contribution >= 4 is 11.8 Å². The fraction of sp³-hybridized carbons (Fsp3) is 1.00. The van der Waals surface area contributed by atoms with Crippen molar-refractivity contribution in [3.8, 4) is 0 Å². The van der Waals surface area contributed by atoms with Crippen molar-refractivity contribution < 1.29 is 5.11 Å². The molecule has 0 aliphatic heterocycles. The van der Waals surface area contributed by atoms with E-state index >= 15 is 0 Å². The fourth-order valence-electron chi connectivity index (χ4n) is 1.84. The first-order chi connectivity index (χ1) is 6.33. The molecule has 0 radical (unpaired) electrons. The molecule has 0 aromatic heterocycles. The van der Waals surface area contributed by atoms with Crippen LogP contribution >= 0.6 is 11.8 Å². The van der Waals surface area contributed by atoms with Gasteiger partial charge in [-0.3, -0.25) is 0 Å². The van der Waals surface area contributed by atoms with Gasteiger partial charge in [0.2, 0.25) is 0 Å². The van der Waals surface area contributed by atoms with E-state index < -0.39 is 0 Å². The second-order valence-electron chi connectivity index (χ2n) is 3.90. The lowest BCUT2D eigenvalue weighted by molar-refractivity contribution is 0.199. The molecule has 0 aromatic rings. The van der Waals surface area contributed by atoms with E-state index in [0.717, 1.165) is 18.2 Å². The normalized spacial score (nSPS) is 20.8. The van der Waals surface area contributed by atoms with Crippen LogP contribution in [0.5, 0.6) is 0 Å². The summed E-state index contributed by atoms with van der Waals surface area (Å²) in [6, 6.07) is 0. The summed E-state index contributed by atoms with van der Waals surface area (Å²) < 4.78 is 0. The molecule has 0 bridgehead atoms. The highest BCUT2D eigenvalue weighted by atomic mass is 32.2.